The average Bonchev–Trinajstić information content (AvgIpc) is 2.59. The zero-order valence-corrected chi connectivity index (χ0v) is 14.2. The molecule has 2 heterocycles. The molecule has 1 N–H and O–H groups in total. The Morgan fingerprint density at radius 2 is 2.13 bits per heavy atom. The first-order chi connectivity index (χ1) is 11.1. The highest BCUT2D eigenvalue weighted by Gasteiger charge is 2.22. The fourth-order valence-electron chi connectivity index (χ4n) is 2.80. The number of nitrogens with zero attached hydrogens (tertiary/aromatic N) is 2. The second-order valence-electron chi connectivity index (χ2n) is 6.23. The molecule has 1 amide bonds. The highest BCUT2D eigenvalue weighted by atomic mass is 16.5. The van der Waals surface area contributed by atoms with Crippen LogP contribution in [0.25, 0.3) is 0 Å². The molecule has 0 aliphatic carbocycles. The van der Waals surface area contributed by atoms with Crippen LogP contribution in [0.4, 0.5) is 0 Å². The van der Waals surface area contributed by atoms with Crippen LogP contribution in [-0.4, -0.2) is 61.8 Å². The summed E-state index contributed by atoms with van der Waals surface area (Å²) in [5, 5.41) is 3.04. The maximum Gasteiger partial charge on any atom is 0.252 e. The third-order valence-corrected chi connectivity index (χ3v) is 4.01. The van der Waals surface area contributed by atoms with Gasteiger partial charge >= 0.3 is 0 Å². The first-order valence-electron chi connectivity index (χ1n) is 8.20. The van der Waals surface area contributed by atoms with E-state index in [1.165, 1.54) is 0 Å². The molecule has 1 fully saturated rings. The van der Waals surface area contributed by atoms with E-state index in [2.05, 4.69) is 29.0 Å². The van der Waals surface area contributed by atoms with Crippen molar-refractivity contribution in [1.29, 1.82) is 0 Å². The SMILES string of the molecule is COc1ccc(C(=O)NCC(CC(C)C)N2CCOCC2)cn1. The van der Waals surface area contributed by atoms with E-state index in [0.29, 0.717) is 29.9 Å². The minimum absolute atomic E-state index is 0.0952. The van der Waals surface area contributed by atoms with E-state index in [-0.39, 0.29) is 5.91 Å². The van der Waals surface area contributed by atoms with Crippen molar-refractivity contribution < 1.29 is 14.3 Å². The summed E-state index contributed by atoms with van der Waals surface area (Å²) >= 11 is 0. The molecule has 0 bridgehead atoms. The Balaban J connectivity index is 1.91. The fourth-order valence-corrected chi connectivity index (χ4v) is 2.80. The molecule has 6 heteroatoms. The van der Waals surface area contributed by atoms with Crippen LogP contribution in [-0.2, 0) is 4.74 Å². The first-order valence-corrected chi connectivity index (χ1v) is 8.20. The molecule has 0 saturated carbocycles. The third kappa shape index (κ3) is 5.48. The van der Waals surface area contributed by atoms with Gasteiger partial charge in [-0.15, -0.1) is 0 Å². The van der Waals surface area contributed by atoms with Gasteiger partial charge in [-0.1, -0.05) is 13.8 Å². The second-order valence-corrected chi connectivity index (χ2v) is 6.23. The maximum absolute atomic E-state index is 12.3. The van der Waals surface area contributed by atoms with Crippen LogP contribution in [0.2, 0.25) is 0 Å². The number of morpholine rings is 1. The Hall–Kier alpha value is -1.66. The lowest BCUT2D eigenvalue weighted by Crippen LogP contribution is -2.49. The summed E-state index contributed by atoms with van der Waals surface area (Å²) in [7, 11) is 1.56. The molecule has 1 atom stereocenters. The number of ether oxygens (including phenoxy) is 2. The Kier molecular flexibility index (Phi) is 6.80. The summed E-state index contributed by atoms with van der Waals surface area (Å²) in [6.07, 6.45) is 2.60. The monoisotopic (exact) mass is 321 g/mol. The molecule has 0 spiro atoms. The van der Waals surface area contributed by atoms with E-state index in [1.54, 1.807) is 25.4 Å². The van der Waals surface area contributed by atoms with Crippen LogP contribution in [0, 0.1) is 5.92 Å². The molecule has 23 heavy (non-hydrogen) atoms. The van der Waals surface area contributed by atoms with Crippen LogP contribution >= 0.6 is 0 Å². The standard InChI is InChI=1S/C17H27N3O3/c1-13(2)10-15(20-6-8-23-9-7-20)12-19-17(21)14-4-5-16(22-3)18-11-14/h4-5,11,13,15H,6-10,12H2,1-3H3,(H,19,21). The smallest absolute Gasteiger partial charge is 0.252 e. The van der Waals surface area contributed by atoms with Crippen molar-refractivity contribution in [2.45, 2.75) is 26.3 Å². The summed E-state index contributed by atoms with van der Waals surface area (Å²) < 4.78 is 10.4. The summed E-state index contributed by atoms with van der Waals surface area (Å²) in [4.78, 5) is 18.8. The van der Waals surface area contributed by atoms with Gasteiger partial charge in [-0.05, 0) is 18.4 Å². The summed E-state index contributed by atoms with van der Waals surface area (Å²) in [5.74, 6) is 0.997. The summed E-state index contributed by atoms with van der Waals surface area (Å²) in [5.41, 5.74) is 0.552. The maximum atomic E-state index is 12.3. The lowest BCUT2D eigenvalue weighted by atomic mass is 10.0. The quantitative estimate of drug-likeness (QED) is 0.826. The van der Waals surface area contributed by atoms with Gasteiger partial charge in [-0.2, -0.15) is 0 Å². The number of hydrogen-bond acceptors (Lipinski definition) is 5. The number of carbonyl (C=O) groups is 1. The van der Waals surface area contributed by atoms with E-state index in [9.17, 15) is 4.79 Å². The van der Waals surface area contributed by atoms with Crippen LogP contribution in [0.1, 0.15) is 30.6 Å². The van der Waals surface area contributed by atoms with Crippen molar-refractivity contribution in [1.82, 2.24) is 15.2 Å². The predicted molar refractivity (Wildman–Crippen MR) is 88.8 cm³/mol. The number of aromatic nitrogens is 1. The Labute approximate surface area is 138 Å². The molecule has 1 saturated heterocycles. The van der Waals surface area contributed by atoms with Crippen molar-refractivity contribution in [2.75, 3.05) is 40.0 Å². The molecular weight excluding hydrogens is 294 g/mol. The number of methoxy groups -OCH3 is 1. The molecule has 1 aliphatic rings. The van der Waals surface area contributed by atoms with E-state index in [0.717, 1.165) is 32.7 Å². The molecule has 2 rings (SSSR count). The lowest BCUT2D eigenvalue weighted by Gasteiger charge is -2.35. The van der Waals surface area contributed by atoms with Gasteiger partial charge in [0.05, 0.1) is 25.9 Å². The average molecular weight is 321 g/mol. The molecular formula is C17H27N3O3. The molecule has 1 aliphatic heterocycles. The zero-order chi connectivity index (χ0) is 16.7. The number of rotatable bonds is 7. The van der Waals surface area contributed by atoms with Crippen molar-refractivity contribution in [3.05, 3.63) is 23.9 Å². The zero-order valence-electron chi connectivity index (χ0n) is 14.2. The van der Waals surface area contributed by atoms with Crippen LogP contribution in [0.15, 0.2) is 18.3 Å². The number of hydrogen-bond donors (Lipinski definition) is 1. The molecule has 0 radical (unpaired) electrons. The van der Waals surface area contributed by atoms with Crippen LogP contribution in [0.5, 0.6) is 5.88 Å². The number of nitrogens with one attached hydrogen (secondary N) is 1. The Bertz CT molecular complexity index is 484. The predicted octanol–water partition coefficient (Wildman–Crippen LogP) is 1.57. The topological polar surface area (TPSA) is 63.7 Å². The fraction of sp³-hybridized carbons (Fsp3) is 0.647. The molecule has 6 nitrogen and oxygen atoms in total. The van der Waals surface area contributed by atoms with Gasteiger partial charge in [-0.3, -0.25) is 9.69 Å². The minimum atomic E-state index is -0.0952. The highest BCUT2D eigenvalue weighted by Crippen LogP contribution is 2.13. The number of carbonyl (C=O) groups excluding carboxylic acids is 1. The second kappa shape index (κ2) is 8.84. The van der Waals surface area contributed by atoms with E-state index < -0.39 is 0 Å². The molecule has 128 valence electrons. The van der Waals surface area contributed by atoms with Crippen molar-refractivity contribution in [3.63, 3.8) is 0 Å². The van der Waals surface area contributed by atoms with Gasteiger partial charge < -0.3 is 14.8 Å². The summed E-state index contributed by atoms with van der Waals surface area (Å²) in [6.45, 7) is 8.46. The lowest BCUT2D eigenvalue weighted by molar-refractivity contribution is 0.0124. The summed E-state index contributed by atoms with van der Waals surface area (Å²) in [6, 6.07) is 3.77. The van der Waals surface area contributed by atoms with E-state index in [4.69, 9.17) is 9.47 Å². The third-order valence-electron chi connectivity index (χ3n) is 4.01. The Morgan fingerprint density at radius 3 is 2.70 bits per heavy atom. The van der Waals surface area contributed by atoms with E-state index >= 15 is 0 Å². The van der Waals surface area contributed by atoms with Crippen LogP contribution < -0.4 is 10.1 Å². The van der Waals surface area contributed by atoms with Crippen molar-refractivity contribution in [3.8, 4) is 5.88 Å². The van der Waals surface area contributed by atoms with Crippen molar-refractivity contribution in [2.24, 2.45) is 5.92 Å². The molecule has 1 unspecified atom stereocenters. The van der Waals surface area contributed by atoms with Gasteiger partial charge in [0.2, 0.25) is 5.88 Å². The molecule has 1 aromatic heterocycles. The van der Waals surface area contributed by atoms with Crippen LogP contribution in [0.3, 0.4) is 0 Å². The molecule has 1 aromatic rings. The van der Waals surface area contributed by atoms with E-state index in [1.807, 2.05) is 0 Å². The van der Waals surface area contributed by atoms with Gasteiger partial charge in [0.1, 0.15) is 0 Å². The van der Waals surface area contributed by atoms with Gasteiger partial charge in [0, 0.05) is 37.9 Å². The normalized spacial score (nSPS) is 17.0. The number of amides is 1. The molecule has 0 aromatic carbocycles. The Morgan fingerprint density at radius 1 is 1.39 bits per heavy atom. The highest BCUT2D eigenvalue weighted by molar-refractivity contribution is 5.93. The minimum Gasteiger partial charge on any atom is -0.481 e. The van der Waals surface area contributed by atoms with Gasteiger partial charge in [0.15, 0.2) is 0 Å². The largest absolute Gasteiger partial charge is 0.481 e. The van der Waals surface area contributed by atoms with Gasteiger partial charge in [-0.25, -0.2) is 4.98 Å². The number of pyridine rings is 1. The van der Waals surface area contributed by atoms with Crippen molar-refractivity contribution >= 4 is 5.91 Å². The first kappa shape index (κ1) is 17.7. The van der Waals surface area contributed by atoms with Gasteiger partial charge in [0.25, 0.3) is 5.91 Å².